The predicted molar refractivity (Wildman–Crippen MR) is 201 cm³/mol. The van der Waals surface area contributed by atoms with Crippen LogP contribution in [0.1, 0.15) is 87.3 Å². The van der Waals surface area contributed by atoms with Crippen LogP contribution >= 0.6 is 11.6 Å². The van der Waals surface area contributed by atoms with Crippen LogP contribution in [0.2, 0.25) is 5.02 Å². The number of aliphatic hydroxyl groups excluding tert-OH is 4. The lowest BCUT2D eigenvalue weighted by atomic mass is 9.93. The number of fused-ring (bicyclic) bond motifs is 1. The highest BCUT2D eigenvalue weighted by Crippen LogP contribution is 2.41. The molecule has 286 valence electrons. The van der Waals surface area contributed by atoms with E-state index in [0.717, 1.165) is 36.0 Å². The number of unbranched alkanes of at least 4 members (excludes halogenated alkanes) is 2. The van der Waals surface area contributed by atoms with E-state index in [2.05, 4.69) is 15.8 Å². The van der Waals surface area contributed by atoms with Gasteiger partial charge in [0.05, 0.1) is 65.1 Å². The van der Waals surface area contributed by atoms with Gasteiger partial charge in [0.2, 0.25) is 5.75 Å². The molecule has 1 amide bonds. The molecule has 2 heterocycles. The molecule has 2 unspecified atom stereocenters. The van der Waals surface area contributed by atoms with E-state index >= 15 is 0 Å². The summed E-state index contributed by atoms with van der Waals surface area (Å²) in [5.74, 6) is 1.78. The number of methoxy groups -OCH3 is 2. The Kier molecular flexibility index (Phi) is 12.8. The molecule has 0 bridgehead atoms. The van der Waals surface area contributed by atoms with Crippen LogP contribution in [0.15, 0.2) is 65.8 Å². The molecule has 14 heteroatoms. The van der Waals surface area contributed by atoms with Crippen LogP contribution in [0.4, 0.5) is 5.69 Å². The van der Waals surface area contributed by atoms with Crippen molar-refractivity contribution in [3.63, 3.8) is 0 Å². The maximum absolute atomic E-state index is 12.7. The first kappa shape index (κ1) is 38.7. The third-order valence-electron chi connectivity index (χ3n) is 9.47. The van der Waals surface area contributed by atoms with Crippen LogP contribution in [0.5, 0.6) is 23.0 Å². The molecule has 0 spiro atoms. The average Bonchev–Trinajstić information content (AvgIpc) is 3.70. The van der Waals surface area contributed by atoms with Crippen molar-refractivity contribution in [2.45, 2.75) is 64.4 Å². The number of oxime groups is 1. The van der Waals surface area contributed by atoms with Crippen LogP contribution in [-0.4, -0.2) is 59.5 Å². The number of halogens is 1. The average molecular weight is 762 g/mol. The minimum atomic E-state index is -0.470. The third-order valence-corrected chi connectivity index (χ3v) is 9.71. The highest BCUT2D eigenvalue weighted by molar-refractivity contribution is 6.31. The number of amides is 1. The van der Waals surface area contributed by atoms with Crippen molar-refractivity contribution in [3.05, 3.63) is 110 Å². The third kappa shape index (κ3) is 8.51. The van der Waals surface area contributed by atoms with Gasteiger partial charge in [-0.05, 0) is 102 Å². The molecule has 2 aliphatic rings. The van der Waals surface area contributed by atoms with Crippen LogP contribution < -0.4 is 29.6 Å². The number of anilines is 1. The fourth-order valence-electron chi connectivity index (χ4n) is 6.59. The lowest BCUT2D eigenvalue weighted by molar-refractivity contribution is 0.0853. The van der Waals surface area contributed by atoms with Crippen molar-refractivity contribution in [1.29, 1.82) is 0 Å². The Morgan fingerprint density at radius 1 is 0.759 bits per heavy atom. The number of hydrogen-bond donors (Lipinski definition) is 6. The molecular weight excluding hydrogens is 718 g/mol. The number of ether oxygens (including phenoxy) is 4. The molecule has 54 heavy (non-hydrogen) atoms. The standard InChI is InChI=1S/C40H44ClN3O10/c1-50-36-15-24(33-18-35(54-44-33)25-13-26(19-45)31(22-48)27(14-25)20-46)16-37(51-2)38(36)53-11-5-3-4-10-52-34-9-6-23(12-28(34)21-47)39-42-32-8-7-29(41)17-30(32)40(49)43-39/h6-9,12-17,35,39,42,45-48H,3-5,10-11,18-22H2,1-2H3,(H,43,49). The number of carbonyl (C=O) groups is 1. The zero-order valence-electron chi connectivity index (χ0n) is 30.1. The summed E-state index contributed by atoms with van der Waals surface area (Å²) in [7, 11) is 3.11. The second kappa shape index (κ2) is 17.9. The van der Waals surface area contributed by atoms with Gasteiger partial charge in [-0.25, -0.2) is 0 Å². The minimum absolute atomic E-state index is 0.219. The fraction of sp³-hybridized carbons (Fsp3) is 0.350. The number of hydrogen-bond acceptors (Lipinski definition) is 12. The lowest BCUT2D eigenvalue weighted by Crippen LogP contribution is -2.38. The van der Waals surface area contributed by atoms with Crippen molar-refractivity contribution >= 4 is 28.9 Å². The number of nitrogens with zero attached hydrogens (tertiary/aromatic N) is 1. The number of carbonyl (C=O) groups excluding carboxylic acids is 1. The van der Waals surface area contributed by atoms with Crippen molar-refractivity contribution in [2.24, 2.45) is 5.16 Å². The molecule has 6 N–H and O–H groups in total. The van der Waals surface area contributed by atoms with Gasteiger partial charge in [-0.2, -0.15) is 0 Å². The van der Waals surface area contributed by atoms with Gasteiger partial charge in [-0.15, -0.1) is 0 Å². The maximum atomic E-state index is 12.7. The zero-order valence-corrected chi connectivity index (χ0v) is 30.8. The zero-order chi connectivity index (χ0) is 38.2. The molecule has 6 rings (SSSR count). The summed E-state index contributed by atoms with van der Waals surface area (Å²) in [4.78, 5) is 18.4. The molecule has 0 fully saturated rings. The van der Waals surface area contributed by atoms with E-state index in [1.807, 2.05) is 24.3 Å². The summed E-state index contributed by atoms with van der Waals surface area (Å²) in [6.07, 6.45) is 1.83. The fourth-order valence-corrected chi connectivity index (χ4v) is 6.76. The Bertz CT molecular complexity index is 1950. The highest BCUT2D eigenvalue weighted by Gasteiger charge is 2.28. The highest BCUT2D eigenvalue weighted by atomic mass is 35.5. The minimum Gasteiger partial charge on any atom is -0.493 e. The van der Waals surface area contributed by atoms with Gasteiger partial charge in [0.25, 0.3) is 5.91 Å². The van der Waals surface area contributed by atoms with Crippen molar-refractivity contribution in [3.8, 4) is 23.0 Å². The van der Waals surface area contributed by atoms with Crippen LogP contribution in [0, 0.1) is 0 Å². The van der Waals surface area contributed by atoms with E-state index in [-0.39, 0.29) is 32.3 Å². The van der Waals surface area contributed by atoms with Crippen LogP contribution in [0.25, 0.3) is 0 Å². The summed E-state index contributed by atoms with van der Waals surface area (Å²) >= 11 is 6.05. The van der Waals surface area contributed by atoms with Gasteiger partial charge in [0.1, 0.15) is 11.9 Å². The lowest BCUT2D eigenvalue weighted by Gasteiger charge is -2.28. The summed E-state index contributed by atoms with van der Waals surface area (Å²) in [5, 5.41) is 50.5. The number of benzene rings is 4. The van der Waals surface area contributed by atoms with Crippen LogP contribution in [-0.2, 0) is 31.3 Å². The largest absolute Gasteiger partial charge is 0.493 e. The van der Waals surface area contributed by atoms with Gasteiger partial charge in [0, 0.05) is 28.3 Å². The molecule has 0 radical (unpaired) electrons. The van der Waals surface area contributed by atoms with Crippen molar-refractivity contribution in [2.75, 3.05) is 32.8 Å². The van der Waals surface area contributed by atoms with Gasteiger partial charge >= 0.3 is 0 Å². The van der Waals surface area contributed by atoms with E-state index in [1.54, 1.807) is 50.6 Å². The molecule has 0 saturated carbocycles. The van der Waals surface area contributed by atoms with Gasteiger partial charge in [-0.3, -0.25) is 4.79 Å². The Morgan fingerprint density at radius 3 is 2.07 bits per heavy atom. The first-order valence-electron chi connectivity index (χ1n) is 17.6. The van der Waals surface area contributed by atoms with E-state index in [1.165, 1.54) is 0 Å². The number of rotatable bonds is 17. The van der Waals surface area contributed by atoms with Gasteiger partial charge in [0.15, 0.2) is 17.6 Å². The maximum Gasteiger partial charge on any atom is 0.255 e. The number of nitrogens with one attached hydrogen (secondary N) is 2. The summed E-state index contributed by atoms with van der Waals surface area (Å²) < 4.78 is 23.5. The monoisotopic (exact) mass is 761 g/mol. The molecule has 2 aliphatic heterocycles. The Labute approximate surface area is 318 Å². The smallest absolute Gasteiger partial charge is 0.255 e. The predicted octanol–water partition coefficient (Wildman–Crippen LogP) is 5.67. The summed E-state index contributed by atoms with van der Waals surface area (Å²) in [6.45, 7) is -0.216. The van der Waals surface area contributed by atoms with E-state index < -0.39 is 12.3 Å². The topological polar surface area (TPSA) is 181 Å². The van der Waals surface area contributed by atoms with Gasteiger partial charge in [-0.1, -0.05) is 22.8 Å². The summed E-state index contributed by atoms with van der Waals surface area (Å²) in [6, 6.07) is 17.8. The molecule has 0 aromatic heterocycles. The SMILES string of the molecule is COc1cc(C2=NOC(c3cc(CO)c(CO)c(CO)c3)C2)cc(OC)c1OCCCCCOc1ccc(C2NC(=O)c3cc(Cl)ccc3N2)cc1CO. The molecule has 0 saturated heterocycles. The van der Waals surface area contributed by atoms with E-state index in [9.17, 15) is 25.2 Å². The Hall–Kier alpha value is -5.05. The molecule has 13 nitrogen and oxygen atoms in total. The Balaban J connectivity index is 0.996. The van der Waals surface area contributed by atoms with E-state index in [4.69, 9.17) is 35.4 Å². The first-order valence-corrected chi connectivity index (χ1v) is 18.0. The van der Waals surface area contributed by atoms with E-state index in [0.29, 0.717) is 86.9 Å². The second-order valence-corrected chi connectivity index (χ2v) is 13.3. The molecular formula is C40H44ClN3O10. The molecule has 2 atom stereocenters. The van der Waals surface area contributed by atoms with Gasteiger partial charge < -0.3 is 54.8 Å². The molecule has 0 aliphatic carbocycles. The van der Waals surface area contributed by atoms with Crippen molar-refractivity contribution in [1.82, 2.24) is 5.32 Å². The quantitative estimate of drug-likeness (QED) is 0.0730. The number of aliphatic hydroxyl groups is 4. The Morgan fingerprint density at radius 2 is 1.43 bits per heavy atom. The first-order chi connectivity index (χ1) is 26.3. The second-order valence-electron chi connectivity index (χ2n) is 12.9. The molecule has 4 aromatic rings. The normalized spacial score (nSPS) is 16.1. The van der Waals surface area contributed by atoms with Crippen LogP contribution in [0.3, 0.4) is 0 Å². The molecule has 4 aromatic carbocycles. The van der Waals surface area contributed by atoms with Crippen molar-refractivity contribution < 1.29 is 49.0 Å². The summed E-state index contributed by atoms with van der Waals surface area (Å²) in [5.41, 5.74) is 6.25.